The Balaban J connectivity index is 1.36. The standard InChI is InChI=1S/C23H26N4O4S2/c24-15-17-5-4-6-20(13-17)25-22(28)18-7-11-27(12-8-18)33(30,31)21-14-19(16-32-21)23(29)26-9-2-1-3-10-26/h4-6,13-14,16,18H,1-3,7-12H2,(H,25,28). The normalized spacial score (nSPS) is 18.0. The van der Waals surface area contributed by atoms with Gasteiger partial charge >= 0.3 is 0 Å². The van der Waals surface area contributed by atoms with Crippen molar-refractivity contribution in [3.8, 4) is 6.07 Å². The number of benzene rings is 1. The Morgan fingerprint density at radius 3 is 2.48 bits per heavy atom. The fourth-order valence-electron chi connectivity index (χ4n) is 4.24. The summed E-state index contributed by atoms with van der Waals surface area (Å²) >= 11 is 1.07. The quantitative estimate of drug-likeness (QED) is 0.697. The van der Waals surface area contributed by atoms with Gasteiger partial charge < -0.3 is 10.2 Å². The van der Waals surface area contributed by atoms with Gasteiger partial charge in [0.05, 0.1) is 17.2 Å². The van der Waals surface area contributed by atoms with Gasteiger partial charge in [0.1, 0.15) is 4.21 Å². The molecule has 2 aromatic rings. The van der Waals surface area contributed by atoms with Crippen molar-refractivity contribution in [1.29, 1.82) is 5.26 Å². The van der Waals surface area contributed by atoms with Gasteiger partial charge in [-0.3, -0.25) is 9.59 Å². The molecular weight excluding hydrogens is 460 g/mol. The largest absolute Gasteiger partial charge is 0.339 e. The maximum atomic E-state index is 13.1. The van der Waals surface area contributed by atoms with Crippen molar-refractivity contribution in [3.05, 3.63) is 46.8 Å². The second-order valence-corrected chi connectivity index (χ2v) is 11.4. The number of nitrogens with zero attached hydrogens (tertiary/aromatic N) is 3. The average Bonchev–Trinajstić information content (AvgIpc) is 3.35. The van der Waals surface area contributed by atoms with E-state index >= 15 is 0 Å². The number of likely N-dealkylation sites (tertiary alicyclic amines) is 1. The Hall–Kier alpha value is -2.74. The van der Waals surface area contributed by atoms with Crippen LogP contribution in [-0.2, 0) is 14.8 Å². The molecule has 1 aromatic heterocycles. The summed E-state index contributed by atoms with van der Waals surface area (Å²) in [6.45, 7) is 1.91. The van der Waals surface area contributed by atoms with Crippen molar-refractivity contribution in [2.45, 2.75) is 36.3 Å². The summed E-state index contributed by atoms with van der Waals surface area (Å²) in [6, 6.07) is 10.2. The summed E-state index contributed by atoms with van der Waals surface area (Å²) < 4.78 is 27.8. The second-order valence-electron chi connectivity index (χ2n) is 8.37. The molecule has 1 aromatic carbocycles. The van der Waals surface area contributed by atoms with Gasteiger partial charge in [-0.05, 0) is 56.4 Å². The first-order valence-electron chi connectivity index (χ1n) is 11.1. The summed E-state index contributed by atoms with van der Waals surface area (Å²) in [5, 5.41) is 13.4. The van der Waals surface area contributed by atoms with Crippen LogP contribution in [0.15, 0.2) is 39.9 Å². The Labute approximate surface area is 197 Å². The van der Waals surface area contributed by atoms with Crippen LogP contribution in [0.2, 0.25) is 0 Å². The molecule has 0 atom stereocenters. The molecule has 2 aliphatic rings. The molecular formula is C23H26N4O4S2. The van der Waals surface area contributed by atoms with E-state index in [4.69, 9.17) is 5.26 Å². The number of hydrogen-bond donors (Lipinski definition) is 1. The van der Waals surface area contributed by atoms with Crippen LogP contribution in [0.5, 0.6) is 0 Å². The minimum atomic E-state index is -3.71. The maximum absolute atomic E-state index is 13.1. The molecule has 0 bridgehead atoms. The van der Waals surface area contributed by atoms with Crippen molar-refractivity contribution < 1.29 is 18.0 Å². The van der Waals surface area contributed by atoms with E-state index in [1.165, 1.54) is 10.4 Å². The van der Waals surface area contributed by atoms with Crippen molar-refractivity contribution >= 4 is 38.9 Å². The number of nitrogens with one attached hydrogen (secondary N) is 1. The molecule has 0 aliphatic carbocycles. The molecule has 10 heteroatoms. The van der Waals surface area contributed by atoms with Gasteiger partial charge in [0, 0.05) is 43.2 Å². The molecule has 0 spiro atoms. The number of carbonyl (C=O) groups excluding carboxylic acids is 2. The molecule has 33 heavy (non-hydrogen) atoms. The number of rotatable bonds is 5. The number of nitriles is 1. The number of anilines is 1. The Morgan fingerprint density at radius 2 is 1.79 bits per heavy atom. The SMILES string of the molecule is N#Cc1cccc(NC(=O)C2CCN(S(=O)(=O)c3cc(C(=O)N4CCCCC4)cs3)CC2)c1. The molecule has 0 radical (unpaired) electrons. The third kappa shape index (κ3) is 5.27. The maximum Gasteiger partial charge on any atom is 0.254 e. The van der Waals surface area contributed by atoms with Gasteiger partial charge in [0.2, 0.25) is 5.91 Å². The monoisotopic (exact) mass is 486 g/mol. The third-order valence-electron chi connectivity index (χ3n) is 6.14. The molecule has 0 unspecified atom stereocenters. The van der Waals surface area contributed by atoms with E-state index in [-0.39, 0.29) is 35.0 Å². The molecule has 2 fully saturated rings. The summed E-state index contributed by atoms with van der Waals surface area (Å²) in [6.07, 6.45) is 3.90. The Bertz CT molecular complexity index is 1170. The van der Waals surface area contributed by atoms with Gasteiger partial charge in [-0.1, -0.05) is 6.07 Å². The summed E-state index contributed by atoms with van der Waals surface area (Å²) in [5.41, 5.74) is 1.44. The molecule has 1 N–H and O–H groups in total. The lowest BCUT2D eigenvalue weighted by atomic mass is 9.97. The van der Waals surface area contributed by atoms with Crippen LogP contribution in [0, 0.1) is 17.2 Å². The van der Waals surface area contributed by atoms with Crippen LogP contribution in [0.3, 0.4) is 0 Å². The van der Waals surface area contributed by atoms with Gasteiger partial charge in [-0.2, -0.15) is 9.57 Å². The topological polar surface area (TPSA) is 111 Å². The Kier molecular flexibility index (Phi) is 7.12. The zero-order valence-corrected chi connectivity index (χ0v) is 19.8. The number of amides is 2. The van der Waals surface area contributed by atoms with E-state index in [1.807, 2.05) is 6.07 Å². The Morgan fingerprint density at radius 1 is 1.06 bits per heavy atom. The molecule has 2 amide bonds. The van der Waals surface area contributed by atoms with E-state index in [2.05, 4.69) is 5.32 Å². The first kappa shape index (κ1) is 23.4. The lowest BCUT2D eigenvalue weighted by Crippen LogP contribution is -2.41. The molecule has 174 valence electrons. The number of carbonyl (C=O) groups is 2. The highest BCUT2D eigenvalue weighted by Gasteiger charge is 2.33. The predicted molar refractivity (Wildman–Crippen MR) is 125 cm³/mol. The highest BCUT2D eigenvalue weighted by molar-refractivity contribution is 7.91. The van der Waals surface area contributed by atoms with Crippen molar-refractivity contribution in [2.24, 2.45) is 5.92 Å². The van der Waals surface area contributed by atoms with Crippen molar-refractivity contribution in [3.63, 3.8) is 0 Å². The number of sulfonamides is 1. The molecule has 3 heterocycles. The van der Waals surface area contributed by atoms with Crippen molar-refractivity contribution in [2.75, 3.05) is 31.5 Å². The molecule has 2 aliphatic heterocycles. The highest BCUT2D eigenvalue weighted by atomic mass is 32.2. The van der Waals surface area contributed by atoms with Gasteiger partial charge in [0.15, 0.2) is 0 Å². The number of thiophene rings is 1. The van der Waals surface area contributed by atoms with E-state index in [0.29, 0.717) is 42.7 Å². The molecule has 0 saturated carbocycles. The van der Waals surface area contributed by atoms with Crippen LogP contribution < -0.4 is 5.32 Å². The summed E-state index contributed by atoms with van der Waals surface area (Å²) in [5.74, 6) is -0.585. The van der Waals surface area contributed by atoms with Crippen LogP contribution in [0.25, 0.3) is 0 Å². The predicted octanol–water partition coefficient (Wildman–Crippen LogP) is 3.29. The van der Waals surface area contributed by atoms with Crippen LogP contribution in [0.1, 0.15) is 48.0 Å². The minimum Gasteiger partial charge on any atom is -0.339 e. The summed E-state index contributed by atoms with van der Waals surface area (Å²) in [4.78, 5) is 27.1. The fourth-order valence-corrected chi connectivity index (χ4v) is 7.02. The van der Waals surface area contributed by atoms with Crippen LogP contribution in [0.4, 0.5) is 5.69 Å². The molecule has 2 saturated heterocycles. The van der Waals surface area contributed by atoms with Gasteiger partial charge in [-0.15, -0.1) is 11.3 Å². The average molecular weight is 487 g/mol. The van der Waals surface area contributed by atoms with E-state index in [9.17, 15) is 18.0 Å². The minimum absolute atomic E-state index is 0.108. The molecule has 8 nitrogen and oxygen atoms in total. The van der Waals surface area contributed by atoms with E-state index in [0.717, 1.165) is 30.6 Å². The first-order valence-corrected chi connectivity index (χ1v) is 13.4. The highest BCUT2D eigenvalue weighted by Crippen LogP contribution is 2.29. The van der Waals surface area contributed by atoms with Gasteiger partial charge in [-0.25, -0.2) is 8.42 Å². The lowest BCUT2D eigenvalue weighted by molar-refractivity contribution is -0.120. The smallest absolute Gasteiger partial charge is 0.254 e. The number of hydrogen-bond acceptors (Lipinski definition) is 6. The van der Waals surface area contributed by atoms with E-state index < -0.39 is 10.0 Å². The van der Waals surface area contributed by atoms with Crippen LogP contribution >= 0.6 is 11.3 Å². The zero-order valence-electron chi connectivity index (χ0n) is 18.2. The van der Waals surface area contributed by atoms with E-state index in [1.54, 1.807) is 34.5 Å². The third-order valence-corrected chi connectivity index (χ3v) is 9.46. The summed E-state index contributed by atoms with van der Waals surface area (Å²) in [7, 11) is -3.71. The van der Waals surface area contributed by atoms with Crippen molar-refractivity contribution in [1.82, 2.24) is 9.21 Å². The number of piperidine rings is 2. The second kappa shape index (κ2) is 10.0. The first-order chi connectivity index (χ1) is 15.9. The zero-order chi connectivity index (χ0) is 23.4. The molecule has 4 rings (SSSR count). The van der Waals surface area contributed by atoms with Gasteiger partial charge in [0.25, 0.3) is 15.9 Å². The van der Waals surface area contributed by atoms with Crippen LogP contribution in [-0.4, -0.2) is 55.6 Å². The fraction of sp³-hybridized carbons (Fsp3) is 0.435. The lowest BCUT2D eigenvalue weighted by Gasteiger charge is -2.30.